The first-order chi connectivity index (χ1) is 9.11. The van der Waals surface area contributed by atoms with E-state index in [-0.39, 0.29) is 10.8 Å². The van der Waals surface area contributed by atoms with E-state index in [1.807, 2.05) is 30.3 Å². The monoisotopic (exact) mass is 384 g/mol. The van der Waals surface area contributed by atoms with Gasteiger partial charge in [-0.15, -0.1) is 0 Å². The molecular formula is C15H14Br2O2. The predicted octanol–water partition coefficient (Wildman–Crippen LogP) is 4.49. The number of ether oxygens (including phenoxy) is 1. The Bertz CT molecular complexity index is 530. The lowest BCUT2D eigenvalue weighted by atomic mass is 9.97. The van der Waals surface area contributed by atoms with Crippen molar-refractivity contribution in [3.05, 3.63) is 52.0 Å². The molecule has 1 aliphatic rings. The highest BCUT2D eigenvalue weighted by Crippen LogP contribution is 2.31. The minimum absolute atomic E-state index is 0.200. The van der Waals surface area contributed by atoms with Gasteiger partial charge in [0.1, 0.15) is 0 Å². The molecule has 1 aromatic rings. The Kier molecular flexibility index (Phi) is 4.99. The number of rotatable bonds is 2. The van der Waals surface area contributed by atoms with E-state index in [1.54, 1.807) is 0 Å². The van der Waals surface area contributed by atoms with Crippen LogP contribution in [0.1, 0.15) is 18.4 Å². The molecule has 1 atom stereocenters. The van der Waals surface area contributed by atoms with Gasteiger partial charge in [-0.05, 0) is 36.1 Å². The van der Waals surface area contributed by atoms with Crippen molar-refractivity contribution >= 4 is 43.4 Å². The highest BCUT2D eigenvalue weighted by molar-refractivity contribution is 9.10. The maximum atomic E-state index is 12.0. The summed E-state index contributed by atoms with van der Waals surface area (Å²) in [5.41, 5.74) is 2.60. The second-order valence-electron chi connectivity index (χ2n) is 4.29. The molecule has 2 nitrogen and oxygen atoms in total. The Morgan fingerprint density at radius 3 is 2.63 bits per heavy atom. The number of allylic oxidation sites excluding steroid dienone is 2. The molecular weight excluding hydrogens is 372 g/mol. The standard InChI is InChI=1S/C15H14Br2O2/c1-19-15(18)14-9-12(17)3-2-4-13(14)10-5-7-11(16)8-6-10/h4-9,12H,2-3H2,1H3. The lowest BCUT2D eigenvalue weighted by Gasteiger charge is -2.10. The Morgan fingerprint density at radius 2 is 2.00 bits per heavy atom. The molecule has 0 saturated heterocycles. The van der Waals surface area contributed by atoms with E-state index >= 15 is 0 Å². The molecule has 0 spiro atoms. The normalized spacial score (nSPS) is 19.2. The lowest BCUT2D eigenvalue weighted by Crippen LogP contribution is -2.08. The molecule has 0 aliphatic heterocycles. The third-order valence-corrected chi connectivity index (χ3v) is 4.24. The SMILES string of the molecule is COC(=O)C1=CC(Br)CCC=C1c1ccc(Br)cc1. The molecule has 0 saturated carbocycles. The molecule has 1 unspecified atom stereocenters. The summed E-state index contributed by atoms with van der Waals surface area (Å²) in [4.78, 5) is 12.2. The number of carbonyl (C=O) groups excluding carboxylic acids is 1. The van der Waals surface area contributed by atoms with Crippen LogP contribution in [-0.4, -0.2) is 17.9 Å². The van der Waals surface area contributed by atoms with Crippen molar-refractivity contribution in [2.45, 2.75) is 17.7 Å². The Labute approximate surface area is 129 Å². The molecule has 1 aliphatic carbocycles. The number of hydrogen-bond donors (Lipinski definition) is 0. The summed E-state index contributed by atoms with van der Waals surface area (Å²) >= 11 is 6.98. The summed E-state index contributed by atoms with van der Waals surface area (Å²) < 4.78 is 5.91. The second-order valence-corrected chi connectivity index (χ2v) is 6.38. The molecule has 0 bridgehead atoms. The third kappa shape index (κ3) is 3.57. The first-order valence-electron chi connectivity index (χ1n) is 6.02. The van der Waals surface area contributed by atoms with Crippen molar-refractivity contribution in [3.63, 3.8) is 0 Å². The highest BCUT2D eigenvalue weighted by Gasteiger charge is 2.20. The molecule has 0 radical (unpaired) electrons. The average Bonchev–Trinajstić information content (AvgIpc) is 2.61. The summed E-state index contributed by atoms with van der Waals surface area (Å²) in [6, 6.07) is 7.95. The van der Waals surface area contributed by atoms with Gasteiger partial charge in [0.2, 0.25) is 0 Å². The lowest BCUT2D eigenvalue weighted by molar-refractivity contribution is -0.135. The van der Waals surface area contributed by atoms with Gasteiger partial charge in [-0.2, -0.15) is 0 Å². The van der Waals surface area contributed by atoms with Crippen LogP contribution in [0.2, 0.25) is 0 Å². The van der Waals surface area contributed by atoms with Crippen LogP contribution in [-0.2, 0) is 9.53 Å². The number of alkyl halides is 1. The van der Waals surface area contributed by atoms with Gasteiger partial charge in [0.05, 0.1) is 12.7 Å². The summed E-state index contributed by atoms with van der Waals surface area (Å²) in [6.45, 7) is 0. The van der Waals surface area contributed by atoms with Crippen LogP contribution < -0.4 is 0 Å². The Morgan fingerprint density at radius 1 is 1.32 bits per heavy atom. The summed E-state index contributed by atoms with van der Waals surface area (Å²) in [6.07, 6.45) is 5.94. The summed E-state index contributed by atoms with van der Waals surface area (Å²) in [7, 11) is 1.41. The summed E-state index contributed by atoms with van der Waals surface area (Å²) in [5, 5.41) is 0. The first-order valence-corrected chi connectivity index (χ1v) is 7.73. The zero-order valence-corrected chi connectivity index (χ0v) is 13.7. The van der Waals surface area contributed by atoms with E-state index in [1.165, 1.54) is 7.11 Å². The number of benzene rings is 1. The fourth-order valence-electron chi connectivity index (χ4n) is 2.04. The topological polar surface area (TPSA) is 26.3 Å². The third-order valence-electron chi connectivity index (χ3n) is 2.99. The van der Waals surface area contributed by atoms with Crippen LogP contribution in [0.15, 0.2) is 46.5 Å². The first kappa shape index (κ1) is 14.5. The molecule has 0 amide bonds. The van der Waals surface area contributed by atoms with Gasteiger partial charge < -0.3 is 4.74 Å². The van der Waals surface area contributed by atoms with Crippen molar-refractivity contribution in [1.82, 2.24) is 0 Å². The van der Waals surface area contributed by atoms with Crippen LogP contribution in [0.3, 0.4) is 0 Å². The zero-order valence-electron chi connectivity index (χ0n) is 10.5. The number of carbonyl (C=O) groups is 1. The Hall–Kier alpha value is -0.870. The number of methoxy groups -OCH3 is 1. The van der Waals surface area contributed by atoms with E-state index in [2.05, 4.69) is 37.9 Å². The largest absolute Gasteiger partial charge is 0.465 e. The van der Waals surface area contributed by atoms with Gasteiger partial charge >= 0.3 is 5.97 Å². The number of hydrogen-bond acceptors (Lipinski definition) is 2. The van der Waals surface area contributed by atoms with Crippen LogP contribution in [0.25, 0.3) is 5.57 Å². The highest BCUT2D eigenvalue weighted by atomic mass is 79.9. The quantitative estimate of drug-likeness (QED) is 0.553. The van der Waals surface area contributed by atoms with Crippen LogP contribution in [0.4, 0.5) is 0 Å². The molecule has 0 fully saturated rings. The molecule has 19 heavy (non-hydrogen) atoms. The molecule has 0 N–H and O–H groups in total. The van der Waals surface area contributed by atoms with E-state index < -0.39 is 0 Å². The molecule has 100 valence electrons. The Balaban J connectivity index is 2.45. The van der Waals surface area contributed by atoms with Crippen molar-refractivity contribution < 1.29 is 9.53 Å². The van der Waals surface area contributed by atoms with Gasteiger partial charge in [-0.25, -0.2) is 4.79 Å². The van der Waals surface area contributed by atoms with Gasteiger partial charge in [0, 0.05) is 9.30 Å². The van der Waals surface area contributed by atoms with Crippen LogP contribution >= 0.6 is 31.9 Å². The van der Waals surface area contributed by atoms with Gasteiger partial charge in [-0.3, -0.25) is 0 Å². The minimum Gasteiger partial charge on any atom is -0.465 e. The molecule has 0 heterocycles. The van der Waals surface area contributed by atoms with Gasteiger partial charge in [0.25, 0.3) is 0 Å². The fourth-order valence-corrected chi connectivity index (χ4v) is 2.83. The number of halogens is 2. The van der Waals surface area contributed by atoms with Crippen molar-refractivity contribution in [2.75, 3.05) is 7.11 Å². The van der Waals surface area contributed by atoms with Crippen molar-refractivity contribution in [2.24, 2.45) is 0 Å². The molecule has 4 heteroatoms. The van der Waals surface area contributed by atoms with Crippen molar-refractivity contribution in [1.29, 1.82) is 0 Å². The van der Waals surface area contributed by atoms with Crippen LogP contribution in [0.5, 0.6) is 0 Å². The maximum absolute atomic E-state index is 12.0. The molecule has 1 aromatic carbocycles. The average molecular weight is 386 g/mol. The van der Waals surface area contributed by atoms with Gasteiger partial charge in [-0.1, -0.05) is 56.1 Å². The zero-order chi connectivity index (χ0) is 13.8. The minimum atomic E-state index is -0.291. The van der Waals surface area contributed by atoms with Gasteiger partial charge in [0.15, 0.2) is 0 Å². The van der Waals surface area contributed by atoms with E-state index in [0.717, 1.165) is 28.5 Å². The van der Waals surface area contributed by atoms with E-state index in [0.29, 0.717) is 5.57 Å². The smallest absolute Gasteiger partial charge is 0.338 e. The van der Waals surface area contributed by atoms with E-state index in [9.17, 15) is 4.79 Å². The van der Waals surface area contributed by atoms with Crippen molar-refractivity contribution in [3.8, 4) is 0 Å². The molecule has 0 aromatic heterocycles. The van der Waals surface area contributed by atoms with Crippen LogP contribution in [0, 0.1) is 0 Å². The number of esters is 1. The fraction of sp³-hybridized carbons (Fsp3) is 0.267. The predicted molar refractivity (Wildman–Crippen MR) is 84.2 cm³/mol. The molecule has 2 rings (SSSR count). The maximum Gasteiger partial charge on any atom is 0.338 e. The van der Waals surface area contributed by atoms with E-state index in [4.69, 9.17) is 4.74 Å². The summed E-state index contributed by atoms with van der Waals surface area (Å²) in [5.74, 6) is -0.291. The second kappa shape index (κ2) is 6.53.